The number of sulfonamides is 1. The molecule has 130 valence electrons. The number of piperidine rings is 1. The molecule has 0 atom stereocenters. The van der Waals surface area contributed by atoms with E-state index in [9.17, 15) is 8.42 Å². The number of hydrogen-bond donors (Lipinski definition) is 2. The van der Waals surface area contributed by atoms with E-state index < -0.39 is 10.0 Å². The van der Waals surface area contributed by atoms with Crippen LogP contribution in [0.4, 0.5) is 0 Å². The first kappa shape index (κ1) is 18.1. The highest BCUT2D eigenvalue weighted by Gasteiger charge is 2.30. The van der Waals surface area contributed by atoms with Crippen molar-refractivity contribution in [3.8, 4) is 0 Å². The molecule has 0 aromatic heterocycles. The van der Waals surface area contributed by atoms with Crippen molar-refractivity contribution in [3.05, 3.63) is 0 Å². The van der Waals surface area contributed by atoms with Gasteiger partial charge in [0.25, 0.3) is 0 Å². The highest BCUT2D eigenvalue weighted by Crippen LogP contribution is 2.17. The van der Waals surface area contributed by atoms with Gasteiger partial charge in [0.05, 0.1) is 5.75 Å². The van der Waals surface area contributed by atoms with Gasteiger partial charge in [-0.1, -0.05) is 13.3 Å². The van der Waals surface area contributed by atoms with Gasteiger partial charge in [-0.3, -0.25) is 4.90 Å². The maximum Gasteiger partial charge on any atom is 0.214 e. The van der Waals surface area contributed by atoms with Gasteiger partial charge in [0.1, 0.15) is 0 Å². The van der Waals surface area contributed by atoms with Crippen molar-refractivity contribution in [2.24, 2.45) is 0 Å². The lowest BCUT2D eigenvalue weighted by atomic mass is 10.1. The summed E-state index contributed by atoms with van der Waals surface area (Å²) in [6.07, 6.45) is 3.56. The first-order chi connectivity index (χ1) is 10.6. The van der Waals surface area contributed by atoms with Gasteiger partial charge in [0.15, 0.2) is 0 Å². The molecular weight excluding hydrogens is 300 g/mol. The Labute approximate surface area is 135 Å². The molecule has 0 aromatic rings. The molecule has 22 heavy (non-hydrogen) atoms. The standard InChI is InChI=1S/C15H32N4O2S/c1-2-3-14-22(20,21)19(15-4-6-16-7-5-15)13-12-18-10-8-17-9-11-18/h15-17H,2-14H2,1H3. The Morgan fingerprint density at radius 2 is 1.73 bits per heavy atom. The Morgan fingerprint density at radius 3 is 2.36 bits per heavy atom. The van der Waals surface area contributed by atoms with E-state index in [0.29, 0.717) is 12.3 Å². The molecule has 7 heteroatoms. The number of nitrogens with one attached hydrogen (secondary N) is 2. The van der Waals surface area contributed by atoms with Crippen LogP contribution in [0.5, 0.6) is 0 Å². The first-order valence-electron chi connectivity index (χ1n) is 8.77. The lowest BCUT2D eigenvalue weighted by Gasteiger charge is -2.36. The molecule has 0 amide bonds. The van der Waals surface area contributed by atoms with Crippen LogP contribution in [0.15, 0.2) is 0 Å². The predicted molar refractivity (Wildman–Crippen MR) is 90.6 cm³/mol. The molecule has 0 saturated carbocycles. The summed E-state index contributed by atoms with van der Waals surface area (Å²) >= 11 is 0. The number of rotatable bonds is 8. The molecule has 0 radical (unpaired) electrons. The molecule has 0 aliphatic carbocycles. The van der Waals surface area contributed by atoms with Gasteiger partial charge < -0.3 is 10.6 Å². The number of nitrogens with zero attached hydrogens (tertiary/aromatic N) is 2. The summed E-state index contributed by atoms with van der Waals surface area (Å²) in [6.45, 7) is 9.48. The van der Waals surface area contributed by atoms with E-state index in [1.54, 1.807) is 0 Å². The fraction of sp³-hybridized carbons (Fsp3) is 1.00. The zero-order valence-electron chi connectivity index (χ0n) is 13.9. The van der Waals surface area contributed by atoms with Gasteiger partial charge in [-0.2, -0.15) is 4.31 Å². The summed E-state index contributed by atoms with van der Waals surface area (Å²) in [7, 11) is -3.12. The van der Waals surface area contributed by atoms with Crippen LogP contribution in [0.2, 0.25) is 0 Å². The van der Waals surface area contributed by atoms with E-state index in [4.69, 9.17) is 0 Å². The summed E-state index contributed by atoms with van der Waals surface area (Å²) < 4.78 is 27.3. The average Bonchev–Trinajstić information content (AvgIpc) is 2.55. The highest BCUT2D eigenvalue weighted by atomic mass is 32.2. The molecule has 6 nitrogen and oxygen atoms in total. The topological polar surface area (TPSA) is 64.7 Å². The first-order valence-corrected chi connectivity index (χ1v) is 10.4. The maximum atomic E-state index is 12.7. The number of piperazine rings is 1. The Kier molecular flexibility index (Phi) is 7.56. The molecule has 0 unspecified atom stereocenters. The van der Waals surface area contributed by atoms with Crippen LogP contribution in [0.25, 0.3) is 0 Å². The number of unbranched alkanes of at least 4 members (excludes halogenated alkanes) is 1. The summed E-state index contributed by atoms with van der Waals surface area (Å²) in [5.74, 6) is 0.301. The molecule has 0 aromatic carbocycles. The smallest absolute Gasteiger partial charge is 0.214 e. The third kappa shape index (κ3) is 5.45. The normalized spacial score (nSPS) is 22.3. The Hall–Kier alpha value is -0.210. The van der Waals surface area contributed by atoms with Crippen LogP contribution >= 0.6 is 0 Å². The van der Waals surface area contributed by atoms with E-state index >= 15 is 0 Å². The highest BCUT2D eigenvalue weighted by molar-refractivity contribution is 7.89. The largest absolute Gasteiger partial charge is 0.317 e. The van der Waals surface area contributed by atoms with Crippen LogP contribution < -0.4 is 10.6 Å². The third-order valence-electron chi connectivity index (χ3n) is 4.68. The van der Waals surface area contributed by atoms with Gasteiger partial charge in [0.2, 0.25) is 10.0 Å². The van der Waals surface area contributed by atoms with Gasteiger partial charge in [-0.25, -0.2) is 8.42 Å². The van der Waals surface area contributed by atoms with Crippen LogP contribution in [0, 0.1) is 0 Å². The van der Waals surface area contributed by atoms with Crippen molar-refractivity contribution in [1.29, 1.82) is 0 Å². The number of hydrogen-bond acceptors (Lipinski definition) is 5. The minimum absolute atomic E-state index is 0.186. The average molecular weight is 333 g/mol. The predicted octanol–water partition coefficient (Wildman–Crippen LogP) is 0.0755. The van der Waals surface area contributed by atoms with E-state index in [2.05, 4.69) is 15.5 Å². The minimum atomic E-state index is -3.12. The van der Waals surface area contributed by atoms with Crippen LogP contribution in [-0.4, -0.2) is 81.8 Å². The summed E-state index contributed by atoms with van der Waals surface area (Å²) in [4.78, 5) is 2.37. The zero-order chi connectivity index (χ0) is 15.8. The fourth-order valence-corrected chi connectivity index (χ4v) is 5.18. The summed E-state index contributed by atoms with van der Waals surface area (Å²) in [5, 5.41) is 6.67. The molecule has 2 aliphatic rings. The Morgan fingerprint density at radius 1 is 1.09 bits per heavy atom. The molecule has 2 rings (SSSR count). The van der Waals surface area contributed by atoms with E-state index in [0.717, 1.165) is 71.5 Å². The molecule has 2 aliphatic heterocycles. The van der Waals surface area contributed by atoms with Crippen molar-refractivity contribution in [1.82, 2.24) is 19.8 Å². The van der Waals surface area contributed by atoms with Gasteiger partial charge in [-0.05, 0) is 32.4 Å². The second-order valence-electron chi connectivity index (χ2n) is 6.35. The van der Waals surface area contributed by atoms with Crippen molar-refractivity contribution < 1.29 is 8.42 Å². The second-order valence-corrected chi connectivity index (χ2v) is 8.39. The fourth-order valence-electron chi connectivity index (χ4n) is 3.26. The lowest BCUT2D eigenvalue weighted by molar-refractivity contribution is 0.195. The SMILES string of the molecule is CCCCS(=O)(=O)N(CCN1CCNCC1)C1CCNCC1. The maximum absolute atomic E-state index is 12.7. The Bertz CT molecular complexity index is 404. The summed E-state index contributed by atoms with van der Waals surface area (Å²) in [5.41, 5.74) is 0. The lowest BCUT2D eigenvalue weighted by Crippen LogP contribution is -2.51. The van der Waals surface area contributed by atoms with E-state index in [1.165, 1.54) is 0 Å². The zero-order valence-corrected chi connectivity index (χ0v) is 14.7. The molecule has 2 fully saturated rings. The molecule has 0 bridgehead atoms. The van der Waals surface area contributed by atoms with Gasteiger partial charge in [0, 0.05) is 45.3 Å². The molecule has 2 saturated heterocycles. The van der Waals surface area contributed by atoms with Crippen LogP contribution in [-0.2, 0) is 10.0 Å². The van der Waals surface area contributed by atoms with E-state index in [1.807, 2.05) is 11.2 Å². The molecular formula is C15H32N4O2S. The van der Waals surface area contributed by atoms with Crippen molar-refractivity contribution in [2.45, 2.75) is 38.6 Å². The monoisotopic (exact) mass is 332 g/mol. The van der Waals surface area contributed by atoms with E-state index in [-0.39, 0.29) is 6.04 Å². The van der Waals surface area contributed by atoms with Crippen LogP contribution in [0.1, 0.15) is 32.6 Å². The second kappa shape index (κ2) is 9.17. The quantitative estimate of drug-likeness (QED) is 0.659. The molecule has 0 spiro atoms. The van der Waals surface area contributed by atoms with Crippen molar-refractivity contribution >= 4 is 10.0 Å². The molecule has 2 N–H and O–H groups in total. The molecule has 2 heterocycles. The van der Waals surface area contributed by atoms with Crippen molar-refractivity contribution in [3.63, 3.8) is 0 Å². The summed E-state index contributed by atoms with van der Waals surface area (Å²) in [6, 6.07) is 0.186. The van der Waals surface area contributed by atoms with Gasteiger partial charge in [-0.15, -0.1) is 0 Å². The Balaban J connectivity index is 1.96. The van der Waals surface area contributed by atoms with Gasteiger partial charge >= 0.3 is 0 Å². The minimum Gasteiger partial charge on any atom is -0.317 e. The third-order valence-corrected chi connectivity index (χ3v) is 6.68. The van der Waals surface area contributed by atoms with Crippen LogP contribution in [0.3, 0.4) is 0 Å². The van der Waals surface area contributed by atoms with Crippen molar-refractivity contribution in [2.75, 3.05) is 58.1 Å².